The Bertz CT molecular complexity index is 2450. The van der Waals surface area contributed by atoms with Crippen molar-refractivity contribution < 1.29 is 0 Å². The molecule has 0 radical (unpaired) electrons. The summed E-state index contributed by atoms with van der Waals surface area (Å²) in [6.07, 6.45) is 0. The highest BCUT2D eigenvalue weighted by Gasteiger charge is 2.18. The molecule has 200 valence electrons. The Morgan fingerprint density at radius 2 is 0.837 bits per heavy atom. The van der Waals surface area contributed by atoms with Crippen molar-refractivity contribution in [1.82, 2.24) is 0 Å². The van der Waals surface area contributed by atoms with E-state index in [1.54, 1.807) is 0 Å². The number of hydrogen-bond acceptors (Lipinski definition) is 1. The van der Waals surface area contributed by atoms with Gasteiger partial charge in [0.2, 0.25) is 0 Å². The normalized spacial score (nSPS) is 11.7. The van der Waals surface area contributed by atoms with Crippen LogP contribution in [-0.2, 0) is 0 Å². The molecule has 0 atom stereocenters. The summed E-state index contributed by atoms with van der Waals surface area (Å²) in [7, 11) is 0. The van der Waals surface area contributed by atoms with Crippen LogP contribution in [-0.4, -0.2) is 0 Å². The zero-order chi connectivity index (χ0) is 28.3. The van der Waals surface area contributed by atoms with Crippen molar-refractivity contribution in [2.24, 2.45) is 0 Å². The lowest BCUT2D eigenvalue weighted by Crippen LogP contribution is -1.92. The SMILES string of the molecule is c1cc(-c2c3ccccc3c(-c3cccc4ccccc34)c3ccccc23)cc(-c2cccc3sc4ccccc4c23)c1. The number of benzene rings is 8. The smallest absolute Gasteiger partial charge is 0.0361 e. The lowest BCUT2D eigenvalue weighted by molar-refractivity contribution is 1.64. The molecule has 0 amide bonds. The van der Waals surface area contributed by atoms with E-state index in [-0.39, 0.29) is 0 Å². The summed E-state index contributed by atoms with van der Waals surface area (Å²) in [5.41, 5.74) is 7.65. The highest BCUT2D eigenvalue weighted by atomic mass is 32.1. The quantitative estimate of drug-likeness (QED) is 0.188. The van der Waals surface area contributed by atoms with Gasteiger partial charge in [-0.15, -0.1) is 11.3 Å². The fraction of sp³-hybridized carbons (Fsp3) is 0. The van der Waals surface area contributed by atoms with Gasteiger partial charge < -0.3 is 0 Å². The Morgan fingerprint density at radius 3 is 1.60 bits per heavy atom. The summed E-state index contributed by atoms with van der Waals surface area (Å²) >= 11 is 1.88. The molecule has 0 N–H and O–H groups in total. The Balaban J connectivity index is 1.35. The van der Waals surface area contributed by atoms with E-state index in [0.29, 0.717) is 0 Å². The first-order valence-electron chi connectivity index (χ1n) is 14.8. The lowest BCUT2D eigenvalue weighted by atomic mass is 9.84. The third-order valence-corrected chi connectivity index (χ3v) is 9.99. The van der Waals surface area contributed by atoms with Crippen LogP contribution in [0.2, 0.25) is 0 Å². The fourth-order valence-corrected chi connectivity index (χ4v) is 8.16. The van der Waals surface area contributed by atoms with E-state index in [1.807, 2.05) is 11.3 Å². The van der Waals surface area contributed by atoms with Crippen molar-refractivity contribution in [1.29, 1.82) is 0 Å². The standard InChI is InChI=1S/C42H26S/c1-2-16-30-27(12-1)13-10-23-32(30)41-35-19-5-3-17-33(35)40(34-18-4-6-20-36(34)41)29-15-9-14-28(26-29)31-22-11-25-39-42(31)37-21-7-8-24-38(37)43-39/h1-26H. The van der Waals surface area contributed by atoms with Crippen molar-refractivity contribution >= 4 is 63.8 Å². The van der Waals surface area contributed by atoms with Gasteiger partial charge in [-0.25, -0.2) is 0 Å². The van der Waals surface area contributed by atoms with E-state index in [1.165, 1.54) is 85.9 Å². The lowest BCUT2D eigenvalue weighted by Gasteiger charge is -2.19. The number of rotatable bonds is 3. The van der Waals surface area contributed by atoms with Gasteiger partial charge in [0.1, 0.15) is 0 Å². The van der Waals surface area contributed by atoms with E-state index in [9.17, 15) is 0 Å². The maximum absolute atomic E-state index is 2.40. The van der Waals surface area contributed by atoms with Gasteiger partial charge in [-0.2, -0.15) is 0 Å². The molecule has 0 saturated heterocycles. The van der Waals surface area contributed by atoms with Gasteiger partial charge >= 0.3 is 0 Å². The van der Waals surface area contributed by atoms with Gasteiger partial charge in [-0.3, -0.25) is 0 Å². The van der Waals surface area contributed by atoms with Crippen LogP contribution in [0.3, 0.4) is 0 Å². The molecule has 0 spiro atoms. The minimum absolute atomic E-state index is 1.24. The predicted molar refractivity (Wildman–Crippen MR) is 188 cm³/mol. The molecule has 9 rings (SSSR count). The van der Waals surface area contributed by atoms with Crippen molar-refractivity contribution in [3.63, 3.8) is 0 Å². The third kappa shape index (κ3) is 3.75. The molecule has 9 aromatic rings. The molecule has 0 fully saturated rings. The second-order valence-electron chi connectivity index (χ2n) is 11.2. The van der Waals surface area contributed by atoms with Gasteiger partial charge in [0, 0.05) is 20.2 Å². The average molecular weight is 563 g/mol. The molecule has 0 bridgehead atoms. The Kier molecular flexibility index (Phi) is 5.47. The fourth-order valence-electron chi connectivity index (χ4n) is 7.03. The van der Waals surface area contributed by atoms with Crippen LogP contribution < -0.4 is 0 Å². The summed E-state index contributed by atoms with van der Waals surface area (Å²) < 4.78 is 2.67. The molecule has 1 aromatic heterocycles. The first-order valence-corrected chi connectivity index (χ1v) is 15.6. The van der Waals surface area contributed by atoms with Crippen molar-refractivity contribution in [2.45, 2.75) is 0 Å². The molecule has 1 heterocycles. The summed E-state index contributed by atoms with van der Waals surface area (Å²) in [6.45, 7) is 0. The van der Waals surface area contributed by atoms with Crippen molar-refractivity contribution in [3.8, 4) is 33.4 Å². The highest BCUT2D eigenvalue weighted by Crippen LogP contribution is 2.46. The molecule has 8 aromatic carbocycles. The second-order valence-corrected chi connectivity index (χ2v) is 12.3. The van der Waals surface area contributed by atoms with Crippen LogP contribution in [0.4, 0.5) is 0 Å². The molecule has 43 heavy (non-hydrogen) atoms. The molecule has 0 aliphatic carbocycles. The van der Waals surface area contributed by atoms with Crippen LogP contribution in [0.5, 0.6) is 0 Å². The van der Waals surface area contributed by atoms with E-state index in [4.69, 9.17) is 0 Å². The molecule has 0 nitrogen and oxygen atoms in total. The van der Waals surface area contributed by atoms with Crippen LogP contribution >= 0.6 is 11.3 Å². The first-order chi connectivity index (χ1) is 21.3. The largest absolute Gasteiger partial charge is 0.135 e. The van der Waals surface area contributed by atoms with E-state index in [0.717, 1.165) is 0 Å². The topological polar surface area (TPSA) is 0 Å². The minimum atomic E-state index is 1.24. The van der Waals surface area contributed by atoms with Gasteiger partial charge in [0.15, 0.2) is 0 Å². The molecular formula is C42H26S. The summed E-state index contributed by atoms with van der Waals surface area (Å²) in [5, 5.41) is 10.3. The zero-order valence-corrected chi connectivity index (χ0v) is 24.2. The van der Waals surface area contributed by atoms with Crippen molar-refractivity contribution in [2.75, 3.05) is 0 Å². The Labute approximate surface area is 254 Å². The highest BCUT2D eigenvalue weighted by molar-refractivity contribution is 7.25. The van der Waals surface area contributed by atoms with Crippen LogP contribution in [0.1, 0.15) is 0 Å². The molecule has 0 aliphatic heterocycles. The predicted octanol–water partition coefficient (Wildman–Crippen LogP) is 12.5. The Hall–Kier alpha value is -5.24. The zero-order valence-electron chi connectivity index (χ0n) is 23.4. The summed E-state index contributed by atoms with van der Waals surface area (Å²) in [4.78, 5) is 0. The number of hydrogen-bond donors (Lipinski definition) is 0. The molecule has 0 unspecified atom stereocenters. The van der Waals surface area contributed by atoms with Crippen molar-refractivity contribution in [3.05, 3.63) is 158 Å². The summed E-state index contributed by atoms with van der Waals surface area (Å²) in [6, 6.07) is 58.0. The van der Waals surface area contributed by atoms with Crippen LogP contribution in [0.15, 0.2) is 158 Å². The molecular weight excluding hydrogens is 537 g/mol. The van der Waals surface area contributed by atoms with Gasteiger partial charge in [-0.05, 0) is 83.9 Å². The maximum atomic E-state index is 2.40. The molecule has 0 saturated carbocycles. The van der Waals surface area contributed by atoms with Gasteiger partial charge in [0.25, 0.3) is 0 Å². The number of thiophene rings is 1. The van der Waals surface area contributed by atoms with Gasteiger partial charge in [0.05, 0.1) is 0 Å². The minimum Gasteiger partial charge on any atom is -0.135 e. The second kappa shape index (κ2) is 9.66. The Morgan fingerprint density at radius 1 is 0.326 bits per heavy atom. The van der Waals surface area contributed by atoms with Gasteiger partial charge in [-0.1, -0.05) is 140 Å². The van der Waals surface area contributed by atoms with E-state index in [2.05, 4.69) is 158 Å². The monoisotopic (exact) mass is 562 g/mol. The van der Waals surface area contributed by atoms with E-state index >= 15 is 0 Å². The molecule has 1 heteroatoms. The average Bonchev–Trinajstić information content (AvgIpc) is 3.46. The first kappa shape index (κ1) is 24.4. The maximum Gasteiger partial charge on any atom is 0.0361 e. The van der Waals surface area contributed by atoms with Crippen LogP contribution in [0, 0.1) is 0 Å². The van der Waals surface area contributed by atoms with E-state index < -0.39 is 0 Å². The number of fused-ring (bicyclic) bond motifs is 6. The van der Waals surface area contributed by atoms with Crippen LogP contribution in [0.25, 0.3) is 85.9 Å². The summed E-state index contributed by atoms with van der Waals surface area (Å²) in [5.74, 6) is 0. The molecule has 0 aliphatic rings. The third-order valence-electron chi connectivity index (χ3n) is 8.86.